The van der Waals surface area contributed by atoms with Crippen LogP contribution >= 0.6 is 0 Å². The molecule has 0 saturated carbocycles. The second-order valence-electron chi connectivity index (χ2n) is 5.14. The molecule has 0 bridgehead atoms. The fourth-order valence-corrected chi connectivity index (χ4v) is 2.67. The molecule has 1 fully saturated rings. The fraction of sp³-hybridized carbons (Fsp3) is 0.438. The molecule has 1 saturated heterocycles. The molecule has 6 nitrogen and oxygen atoms in total. The lowest BCUT2D eigenvalue weighted by atomic mass is 10.1. The number of nitrogens with zero attached hydrogens (tertiary/aromatic N) is 4. The maximum Gasteiger partial charge on any atom is 0.112 e. The number of benzene rings is 1. The van der Waals surface area contributed by atoms with Crippen molar-refractivity contribution in [1.29, 1.82) is 5.26 Å². The van der Waals surface area contributed by atoms with Gasteiger partial charge in [-0.3, -0.25) is 9.98 Å². The molecule has 1 aliphatic heterocycles. The molecule has 1 aromatic carbocycles. The van der Waals surface area contributed by atoms with Crippen LogP contribution in [0.5, 0.6) is 0 Å². The van der Waals surface area contributed by atoms with Crippen molar-refractivity contribution in [2.45, 2.75) is 26.1 Å². The zero-order chi connectivity index (χ0) is 16.1. The van der Waals surface area contributed by atoms with Gasteiger partial charge in [0.1, 0.15) is 17.4 Å². The Hall–Kier alpha value is -2.23. The van der Waals surface area contributed by atoms with Crippen LogP contribution < -0.4 is 4.90 Å². The molecule has 1 heterocycles. The molecule has 0 aromatic heterocycles. The van der Waals surface area contributed by atoms with E-state index in [4.69, 9.17) is 4.74 Å². The third kappa shape index (κ3) is 3.16. The molecule has 1 aromatic rings. The van der Waals surface area contributed by atoms with Crippen LogP contribution in [0.1, 0.15) is 19.4 Å². The lowest BCUT2D eigenvalue weighted by Gasteiger charge is -2.38. The Morgan fingerprint density at radius 3 is 2.86 bits per heavy atom. The van der Waals surface area contributed by atoms with Crippen LogP contribution in [0.2, 0.25) is 0 Å². The van der Waals surface area contributed by atoms with E-state index >= 15 is 0 Å². The summed E-state index contributed by atoms with van der Waals surface area (Å²) in [6, 6.07) is 5.72. The molecule has 0 spiro atoms. The number of hydrogen-bond acceptors (Lipinski definition) is 6. The molecule has 0 radical (unpaired) electrons. The van der Waals surface area contributed by atoms with Gasteiger partial charge in [-0.15, -0.1) is 0 Å². The minimum atomic E-state index is -0.241. The third-order valence-corrected chi connectivity index (χ3v) is 3.54. The Morgan fingerprint density at radius 1 is 1.50 bits per heavy atom. The van der Waals surface area contributed by atoms with Gasteiger partial charge in [0, 0.05) is 19.3 Å². The highest BCUT2D eigenvalue weighted by Gasteiger charge is 2.27. The summed E-state index contributed by atoms with van der Waals surface area (Å²) in [6.07, 6.45) is 1.39. The predicted molar refractivity (Wildman–Crippen MR) is 87.8 cm³/mol. The summed E-state index contributed by atoms with van der Waals surface area (Å²) in [5.41, 5.74) is 2.42. The van der Waals surface area contributed by atoms with Crippen molar-refractivity contribution in [1.82, 2.24) is 0 Å². The number of aliphatic imine (C=N–C) groups is 2. The fourth-order valence-electron chi connectivity index (χ4n) is 2.67. The van der Waals surface area contributed by atoms with E-state index in [9.17, 15) is 10.4 Å². The first-order valence-corrected chi connectivity index (χ1v) is 7.18. The number of aliphatic hydroxyl groups is 1. The normalized spacial score (nSPS) is 21.8. The molecule has 0 aliphatic carbocycles. The first-order valence-electron chi connectivity index (χ1n) is 7.18. The second-order valence-corrected chi connectivity index (χ2v) is 5.14. The molecule has 6 heteroatoms. The summed E-state index contributed by atoms with van der Waals surface area (Å²) < 4.78 is 5.66. The zero-order valence-electron chi connectivity index (χ0n) is 12.9. The number of aliphatic hydroxyl groups excluding tert-OH is 1. The van der Waals surface area contributed by atoms with Crippen molar-refractivity contribution in [2.24, 2.45) is 9.98 Å². The third-order valence-electron chi connectivity index (χ3n) is 3.54. The molecule has 2 rings (SSSR count). The average Bonchev–Trinajstić information content (AvgIpc) is 2.53. The highest BCUT2D eigenvalue weighted by molar-refractivity contribution is 5.86. The Labute approximate surface area is 130 Å². The monoisotopic (exact) mass is 300 g/mol. The van der Waals surface area contributed by atoms with Crippen molar-refractivity contribution in [3.8, 4) is 6.07 Å². The van der Waals surface area contributed by atoms with E-state index in [0.29, 0.717) is 30.0 Å². The summed E-state index contributed by atoms with van der Waals surface area (Å²) in [4.78, 5) is 10.5. The molecule has 2 atom stereocenters. The Morgan fingerprint density at radius 2 is 2.27 bits per heavy atom. The first-order chi connectivity index (χ1) is 10.6. The summed E-state index contributed by atoms with van der Waals surface area (Å²) in [5, 5.41) is 18.6. The molecular weight excluding hydrogens is 280 g/mol. The van der Waals surface area contributed by atoms with Gasteiger partial charge in [-0.2, -0.15) is 5.26 Å². The average molecular weight is 300 g/mol. The van der Waals surface area contributed by atoms with E-state index in [1.54, 1.807) is 19.2 Å². The SMILES string of the molecule is C=Nc1c(N2C[C@H](CO)O[C@H](C)C2)ccc(C#N)c1/N=C\C. The van der Waals surface area contributed by atoms with E-state index < -0.39 is 0 Å². The number of ether oxygens (including phenoxy) is 1. The zero-order valence-corrected chi connectivity index (χ0v) is 12.9. The van der Waals surface area contributed by atoms with E-state index in [-0.39, 0.29) is 18.8 Å². The van der Waals surface area contributed by atoms with Crippen molar-refractivity contribution in [3.63, 3.8) is 0 Å². The molecule has 22 heavy (non-hydrogen) atoms. The lowest BCUT2D eigenvalue weighted by Crippen LogP contribution is -2.48. The standard InChI is InChI=1S/C16H20N4O2/c1-4-19-15-12(7-17)5-6-14(16(15)18-3)20-8-11(2)22-13(9-20)10-21/h4-6,11,13,21H,3,8-10H2,1-2H3/b19-4-/t11-,13-/m1/s1. The van der Waals surface area contributed by atoms with Gasteiger partial charge >= 0.3 is 0 Å². The van der Waals surface area contributed by atoms with Crippen LogP contribution in [0.15, 0.2) is 22.1 Å². The van der Waals surface area contributed by atoms with Gasteiger partial charge in [0.05, 0.1) is 30.1 Å². The number of nitriles is 1. The van der Waals surface area contributed by atoms with Crippen molar-refractivity contribution >= 4 is 30.0 Å². The van der Waals surface area contributed by atoms with E-state index in [0.717, 1.165) is 5.69 Å². The number of anilines is 1. The molecule has 0 unspecified atom stereocenters. The number of hydrogen-bond donors (Lipinski definition) is 1. The van der Waals surface area contributed by atoms with Gasteiger partial charge < -0.3 is 14.7 Å². The van der Waals surface area contributed by atoms with Gasteiger partial charge in [-0.1, -0.05) is 0 Å². The van der Waals surface area contributed by atoms with Gasteiger partial charge in [-0.05, 0) is 32.7 Å². The Kier molecular flexibility index (Phi) is 5.26. The van der Waals surface area contributed by atoms with Crippen molar-refractivity contribution in [3.05, 3.63) is 17.7 Å². The van der Waals surface area contributed by atoms with Crippen LogP contribution in [0.3, 0.4) is 0 Å². The number of rotatable bonds is 4. The summed E-state index contributed by atoms with van der Waals surface area (Å²) in [5.74, 6) is 0. The van der Waals surface area contributed by atoms with Gasteiger partial charge in [0.2, 0.25) is 0 Å². The van der Waals surface area contributed by atoms with Crippen LogP contribution in [0.25, 0.3) is 0 Å². The smallest absolute Gasteiger partial charge is 0.112 e. The topological polar surface area (TPSA) is 81.2 Å². The second kappa shape index (κ2) is 7.16. The Balaban J connectivity index is 2.49. The summed E-state index contributed by atoms with van der Waals surface area (Å²) >= 11 is 0. The Bertz CT molecular complexity index is 621. The summed E-state index contributed by atoms with van der Waals surface area (Å²) in [6.45, 7) is 8.58. The van der Waals surface area contributed by atoms with Gasteiger partial charge in [-0.25, -0.2) is 0 Å². The maximum atomic E-state index is 9.37. The minimum Gasteiger partial charge on any atom is -0.394 e. The molecule has 0 amide bonds. The summed E-state index contributed by atoms with van der Waals surface area (Å²) in [7, 11) is 0. The van der Waals surface area contributed by atoms with Crippen LogP contribution in [-0.4, -0.2) is 49.9 Å². The predicted octanol–water partition coefficient (Wildman–Crippen LogP) is 2.20. The molecule has 1 aliphatic rings. The molecule has 1 N–H and O–H groups in total. The van der Waals surface area contributed by atoms with E-state index in [2.05, 4.69) is 27.7 Å². The van der Waals surface area contributed by atoms with Crippen molar-refractivity contribution in [2.75, 3.05) is 24.6 Å². The quantitative estimate of drug-likeness (QED) is 0.864. The maximum absolute atomic E-state index is 9.37. The van der Waals surface area contributed by atoms with Crippen LogP contribution in [0.4, 0.5) is 17.1 Å². The number of morpholine rings is 1. The largest absolute Gasteiger partial charge is 0.394 e. The molecule has 116 valence electrons. The van der Waals surface area contributed by atoms with Crippen molar-refractivity contribution < 1.29 is 9.84 Å². The van der Waals surface area contributed by atoms with Crippen LogP contribution in [-0.2, 0) is 4.74 Å². The highest BCUT2D eigenvalue weighted by Crippen LogP contribution is 2.41. The lowest BCUT2D eigenvalue weighted by molar-refractivity contribution is -0.0420. The van der Waals surface area contributed by atoms with Gasteiger partial charge in [0.15, 0.2) is 0 Å². The van der Waals surface area contributed by atoms with E-state index in [1.807, 2.05) is 13.0 Å². The molecular formula is C16H20N4O2. The minimum absolute atomic E-state index is 0.00247. The van der Waals surface area contributed by atoms with E-state index in [1.165, 1.54) is 0 Å². The highest BCUT2D eigenvalue weighted by atomic mass is 16.5. The van der Waals surface area contributed by atoms with Crippen LogP contribution in [0, 0.1) is 11.3 Å². The van der Waals surface area contributed by atoms with Gasteiger partial charge in [0.25, 0.3) is 0 Å². The first kappa shape index (κ1) is 16.1.